The number of thiazole rings is 1. The Labute approximate surface area is 433 Å². The van der Waals surface area contributed by atoms with E-state index in [0.717, 1.165) is 16.9 Å². The Kier molecular flexibility index (Phi) is 28.4. The highest BCUT2D eigenvalue weighted by atomic mass is 32.1. The van der Waals surface area contributed by atoms with Gasteiger partial charge < -0.3 is 44.9 Å². The lowest BCUT2D eigenvalue weighted by Crippen LogP contribution is -2.49. The van der Waals surface area contributed by atoms with Crippen LogP contribution in [0, 0.1) is 41.4 Å². The van der Waals surface area contributed by atoms with Gasteiger partial charge in [-0.15, -0.1) is 11.3 Å². The van der Waals surface area contributed by atoms with E-state index in [1.165, 1.54) is 11.8 Å². The van der Waals surface area contributed by atoms with Crippen LogP contribution in [0.5, 0.6) is 0 Å². The number of carbonyl (C=O) groups is 9. The average Bonchev–Trinajstić information content (AvgIpc) is 3.83. The lowest BCUT2D eigenvalue weighted by Gasteiger charge is -2.37. The van der Waals surface area contributed by atoms with Gasteiger partial charge in [0.15, 0.2) is 11.9 Å². The van der Waals surface area contributed by atoms with E-state index in [1.54, 1.807) is 31.3 Å². The number of rotatable bonds is 34. The van der Waals surface area contributed by atoms with E-state index < -0.39 is 71.6 Å². The van der Waals surface area contributed by atoms with Crippen molar-refractivity contribution in [1.82, 2.24) is 25.4 Å². The second-order valence-corrected chi connectivity index (χ2v) is 19.9. The molecule has 4 N–H and O–H groups in total. The maximum Gasteiger partial charge on any atom is 0.306 e. The minimum Gasteiger partial charge on any atom is -0.481 e. The zero-order chi connectivity index (χ0) is 54.8. The molecule has 1 heterocycles. The van der Waals surface area contributed by atoms with E-state index in [-0.39, 0.29) is 113 Å². The van der Waals surface area contributed by atoms with Crippen molar-refractivity contribution < 1.29 is 67.6 Å². The molecule has 0 aliphatic rings. The summed E-state index contributed by atoms with van der Waals surface area (Å²) in [6.45, 7) is 14.6. The summed E-state index contributed by atoms with van der Waals surface area (Å²) in [5.74, 6) is -2.78. The number of ether oxygens (including phenoxy) is 3. The smallest absolute Gasteiger partial charge is 0.306 e. The maximum absolute atomic E-state index is 14.6. The average molecular weight is 1040 g/mol. The van der Waals surface area contributed by atoms with Gasteiger partial charge >= 0.3 is 17.9 Å². The quantitative estimate of drug-likeness (QED) is 0.0290. The first-order valence-corrected chi connectivity index (χ1v) is 25.8. The molecule has 0 aliphatic carbocycles. The predicted molar refractivity (Wildman–Crippen MR) is 273 cm³/mol. The highest BCUT2D eigenvalue weighted by molar-refractivity contribution is 7.09. The number of carbonyl (C=O) groups excluding carboxylic acids is 7. The van der Waals surface area contributed by atoms with Crippen LogP contribution in [0.15, 0.2) is 35.7 Å². The first-order valence-electron chi connectivity index (χ1n) is 24.9. The molecule has 404 valence electrons. The second-order valence-electron chi connectivity index (χ2n) is 19.0. The number of amides is 4. The molecule has 0 bridgehead atoms. The van der Waals surface area contributed by atoms with Crippen molar-refractivity contribution in [2.24, 2.45) is 29.6 Å². The van der Waals surface area contributed by atoms with Gasteiger partial charge in [-0.05, 0) is 48.5 Å². The molecule has 0 aliphatic heterocycles. The zero-order valence-electron chi connectivity index (χ0n) is 44.1. The van der Waals surface area contributed by atoms with Crippen LogP contribution < -0.4 is 10.6 Å². The summed E-state index contributed by atoms with van der Waals surface area (Å²) in [7, 11) is 3.22. The van der Waals surface area contributed by atoms with Gasteiger partial charge in [0.1, 0.15) is 10.7 Å². The van der Waals surface area contributed by atoms with E-state index in [1.807, 2.05) is 71.9 Å². The van der Waals surface area contributed by atoms with Gasteiger partial charge in [-0.2, -0.15) is 0 Å². The van der Waals surface area contributed by atoms with Crippen molar-refractivity contribution in [3.8, 4) is 11.8 Å². The van der Waals surface area contributed by atoms with Gasteiger partial charge in [0.25, 0.3) is 11.8 Å². The molecule has 7 atom stereocenters. The van der Waals surface area contributed by atoms with Gasteiger partial charge in [-0.1, -0.05) is 85.2 Å². The molecule has 1 aromatic heterocycles. The molecular weight excluding hydrogens is 963 g/mol. The largest absolute Gasteiger partial charge is 0.481 e. The standard InChI is InChI=1S/C53H77N5O14S/c1-11-35(6)41(30-44(61)49(34(4)5)58(10)47(63)21-25-70-24-15-18-40(60)19-20-46(62)54-23-27-71-26-22-48(64)65)52(67)57(9)43(33(2)3)31-45(72-37(8)59)51-56-42(32-73-51)50(66)55-39(28-36(7)53(68)69)29-38-16-13-12-14-17-38/h12-14,16-17,32-36,39,41,43,45,49H,11,15,18,21-31H2,1-10H3,(H,54,62)(H,55,66)(H,64,65)(H,68,69)/t35-,36?,39+,41-,43+,45+,49-/m0/s1. The molecule has 20 heteroatoms. The minimum atomic E-state index is -0.994. The summed E-state index contributed by atoms with van der Waals surface area (Å²) in [5.41, 5.74) is 0.997. The third-order valence-corrected chi connectivity index (χ3v) is 13.4. The number of Topliss-reactive ketones (excluding diaryl/α,β-unsaturated/α-hetero) is 2. The molecule has 19 nitrogen and oxygen atoms in total. The fourth-order valence-corrected chi connectivity index (χ4v) is 9.03. The van der Waals surface area contributed by atoms with Crippen LogP contribution >= 0.6 is 11.3 Å². The molecule has 1 unspecified atom stereocenters. The Balaban J connectivity index is 2.10. The summed E-state index contributed by atoms with van der Waals surface area (Å²) in [4.78, 5) is 122. The molecule has 0 saturated heterocycles. The number of ketones is 2. The lowest BCUT2D eigenvalue weighted by molar-refractivity contribution is -0.150. The molecule has 1 aromatic carbocycles. The molecule has 4 amide bonds. The first kappa shape index (κ1) is 63.1. The van der Waals surface area contributed by atoms with E-state index in [0.29, 0.717) is 24.3 Å². The molecule has 2 aromatic rings. The maximum atomic E-state index is 14.6. The normalized spacial score (nSPS) is 14.0. The van der Waals surface area contributed by atoms with Crippen molar-refractivity contribution in [2.75, 3.05) is 47.1 Å². The van der Waals surface area contributed by atoms with Gasteiger partial charge in [0, 0.05) is 82.7 Å². The fourth-order valence-electron chi connectivity index (χ4n) is 8.19. The summed E-state index contributed by atoms with van der Waals surface area (Å²) in [5, 5.41) is 25.5. The molecule has 0 saturated carbocycles. The molecule has 0 spiro atoms. The number of esters is 1. The van der Waals surface area contributed by atoms with Crippen LogP contribution in [-0.4, -0.2) is 143 Å². The lowest BCUT2D eigenvalue weighted by atomic mass is 9.82. The van der Waals surface area contributed by atoms with E-state index in [4.69, 9.17) is 19.3 Å². The Morgan fingerprint density at radius 3 is 2.07 bits per heavy atom. The molecule has 0 radical (unpaired) electrons. The van der Waals surface area contributed by atoms with Crippen LogP contribution in [0.2, 0.25) is 0 Å². The number of carboxylic acid groups (broad SMARTS) is 2. The number of aromatic nitrogens is 1. The molecule has 2 rings (SSSR count). The topological polar surface area (TPSA) is 265 Å². The number of aliphatic carboxylic acids is 2. The highest BCUT2D eigenvalue weighted by Crippen LogP contribution is 2.33. The Hall–Kier alpha value is -6.04. The Morgan fingerprint density at radius 1 is 0.808 bits per heavy atom. The predicted octanol–water partition coefficient (Wildman–Crippen LogP) is 5.54. The fraction of sp³-hybridized carbons (Fsp3) is 0.623. The number of carboxylic acids is 2. The SMILES string of the molecule is CC[C@H](C)[C@H](CC(=O)[C@H](C(C)C)N(C)C(=O)CCOCCCC(=O)C#CC(=O)NCCOCCC(=O)O)C(=O)N(C)[C@H](C[C@@H](OC(C)=O)c1nc(C(=O)N[C@@H](Cc2ccccc2)CC(C)C(=O)O)cs1)C(C)C. The van der Waals surface area contributed by atoms with Crippen LogP contribution in [0.1, 0.15) is 134 Å². The van der Waals surface area contributed by atoms with Crippen molar-refractivity contribution in [1.29, 1.82) is 0 Å². The Bertz CT molecular complexity index is 2210. The third kappa shape index (κ3) is 23.2. The van der Waals surface area contributed by atoms with Gasteiger partial charge in [0.05, 0.1) is 44.6 Å². The number of hydrogen-bond donors (Lipinski definition) is 4. The van der Waals surface area contributed by atoms with Crippen molar-refractivity contribution >= 4 is 64.4 Å². The van der Waals surface area contributed by atoms with Crippen molar-refractivity contribution in [2.45, 2.75) is 137 Å². The molecule has 0 fully saturated rings. The number of likely N-dealkylation sites (N-methyl/N-ethyl adjacent to an activating group) is 1. The number of benzene rings is 1. The van der Waals surface area contributed by atoms with Gasteiger partial charge in [-0.25, -0.2) is 4.98 Å². The van der Waals surface area contributed by atoms with Gasteiger partial charge in [-0.3, -0.25) is 43.2 Å². The Morgan fingerprint density at radius 2 is 1.47 bits per heavy atom. The summed E-state index contributed by atoms with van der Waals surface area (Å²) in [6, 6.07) is 7.55. The van der Waals surface area contributed by atoms with Crippen molar-refractivity contribution in [3.05, 3.63) is 52.0 Å². The molecular formula is C53H77N5O14S. The van der Waals surface area contributed by atoms with Crippen LogP contribution in [0.3, 0.4) is 0 Å². The summed E-state index contributed by atoms with van der Waals surface area (Å²) >= 11 is 1.13. The second kappa shape index (κ2) is 32.9. The van der Waals surface area contributed by atoms with E-state index in [9.17, 15) is 48.3 Å². The first-order chi connectivity index (χ1) is 34.5. The van der Waals surface area contributed by atoms with E-state index >= 15 is 0 Å². The van der Waals surface area contributed by atoms with Crippen LogP contribution in [0.4, 0.5) is 0 Å². The van der Waals surface area contributed by atoms with Crippen LogP contribution in [0.25, 0.3) is 0 Å². The summed E-state index contributed by atoms with van der Waals surface area (Å²) in [6.07, 6.45) is 0.374. The van der Waals surface area contributed by atoms with Gasteiger partial charge in [0.2, 0.25) is 17.6 Å². The number of nitrogens with zero attached hydrogens (tertiary/aromatic N) is 3. The summed E-state index contributed by atoms with van der Waals surface area (Å²) < 4.78 is 16.5. The van der Waals surface area contributed by atoms with E-state index in [2.05, 4.69) is 27.5 Å². The third-order valence-electron chi connectivity index (χ3n) is 12.4. The highest BCUT2D eigenvalue weighted by Gasteiger charge is 2.39. The number of hydrogen-bond acceptors (Lipinski definition) is 14. The van der Waals surface area contributed by atoms with Crippen LogP contribution in [-0.2, 0) is 59.0 Å². The van der Waals surface area contributed by atoms with Crippen molar-refractivity contribution in [3.63, 3.8) is 0 Å². The molecule has 73 heavy (non-hydrogen) atoms. The zero-order valence-corrected chi connectivity index (χ0v) is 44.9. The monoisotopic (exact) mass is 1040 g/mol. The minimum absolute atomic E-state index is 0.0112. The number of nitrogens with one attached hydrogen (secondary N) is 2.